The van der Waals surface area contributed by atoms with Crippen LogP contribution in [0.3, 0.4) is 0 Å². The van der Waals surface area contributed by atoms with Gasteiger partial charge >= 0.3 is 0 Å². The molecule has 0 saturated carbocycles. The highest BCUT2D eigenvalue weighted by molar-refractivity contribution is 7.09. The van der Waals surface area contributed by atoms with Gasteiger partial charge in [0.2, 0.25) is 5.91 Å². The monoisotopic (exact) mass is 347 g/mol. The molecular formula is C17H21N3O3S. The molecule has 1 heterocycles. The summed E-state index contributed by atoms with van der Waals surface area (Å²) in [5.41, 5.74) is 1.30. The van der Waals surface area contributed by atoms with Crippen LogP contribution < -0.4 is 15.4 Å². The Balaban J connectivity index is 1.89. The SMILES string of the molecule is Cc1nc(COc2cccc(C(=O)NCC(=O)NC(C)C)c2)cs1. The van der Waals surface area contributed by atoms with E-state index in [1.54, 1.807) is 35.6 Å². The van der Waals surface area contributed by atoms with E-state index >= 15 is 0 Å². The normalized spacial score (nSPS) is 10.5. The Morgan fingerprint density at radius 3 is 2.79 bits per heavy atom. The van der Waals surface area contributed by atoms with Crippen molar-refractivity contribution in [2.45, 2.75) is 33.4 Å². The highest BCUT2D eigenvalue weighted by Gasteiger charge is 2.10. The molecule has 1 aromatic heterocycles. The summed E-state index contributed by atoms with van der Waals surface area (Å²) in [7, 11) is 0. The van der Waals surface area contributed by atoms with Crippen molar-refractivity contribution in [3.8, 4) is 5.75 Å². The topological polar surface area (TPSA) is 80.3 Å². The lowest BCUT2D eigenvalue weighted by Crippen LogP contribution is -2.39. The number of hydrogen-bond donors (Lipinski definition) is 2. The zero-order valence-corrected chi connectivity index (χ0v) is 14.8. The van der Waals surface area contributed by atoms with Crippen molar-refractivity contribution in [1.82, 2.24) is 15.6 Å². The predicted octanol–water partition coefficient (Wildman–Crippen LogP) is 2.28. The van der Waals surface area contributed by atoms with Gasteiger partial charge in [-0.2, -0.15) is 0 Å². The average molecular weight is 347 g/mol. The summed E-state index contributed by atoms with van der Waals surface area (Å²) in [6, 6.07) is 6.89. The lowest BCUT2D eigenvalue weighted by molar-refractivity contribution is -0.120. The molecule has 0 saturated heterocycles. The van der Waals surface area contributed by atoms with E-state index in [2.05, 4.69) is 15.6 Å². The van der Waals surface area contributed by atoms with E-state index in [1.807, 2.05) is 26.2 Å². The Labute approximate surface area is 145 Å². The number of carbonyl (C=O) groups is 2. The van der Waals surface area contributed by atoms with E-state index in [9.17, 15) is 9.59 Å². The van der Waals surface area contributed by atoms with Gasteiger partial charge in [0, 0.05) is 17.0 Å². The van der Waals surface area contributed by atoms with Gasteiger partial charge in [-0.15, -0.1) is 11.3 Å². The number of aromatic nitrogens is 1. The predicted molar refractivity (Wildman–Crippen MR) is 93.2 cm³/mol. The number of hydrogen-bond acceptors (Lipinski definition) is 5. The number of ether oxygens (including phenoxy) is 1. The largest absolute Gasteiger partial charge is 0.487 e. The molecule has 0 radical (unpaired) electrons. The van der Waals surface area contributed by atoms with Crippen molar-refractivity contribution in [2.24, 2.45) is 0 Å². The van der Waals surface area contributed by atoms with Crippen LogP contribution in [-0.4, -0.2) is 29.4 Å². The van der Waals surface area contributed by atoms with Gasteiger partial charge in [-0.1, -0.05) is 6.07 Å². The first-order valence-electron chi connectivity index (χ1n) is 7.65. The van der Waals surface area contributed by atoms with E-state index in [0.717, 1.165) is 10.7 Å². The molecule has 2 amide bonds. The van der Waals surface area contributed by atoms with E-state index < -0.39 is 0 Å². The second-order valence-corrected chi connectivity index (χ2v) is 6.64. The molecule has 7 heteroatoms. The van der Waals surface area contributed by atoms with Gasteiger partial charge in [0.1, 0.15) is 12.4 Å². The minimum absolute atomic E-state index is 0.0421. The fourth-order valence-electron chi connectivity index (χ4n) is 1.99. The summed E-state index contributed by atoms with van der Waals surface area (Å²) in [5.74, 6) is 0.0495. The van der Waals surface area contributed by atoms with Crippen LogP contribution in [0.25, 0.3) is 0 Å². The minimum atomic E-state index is -0.316. The third kappa shape index (κ3) is 5.66. The molecule has 2 aromatic rings. The third-order valence-corrected chi connectivity index (χ3v) is 3.83. The van der Waals surface area contributed by atoms with Crippen LogP contribution in [0.15, 0.2) is 29.6 Å². The summed E-state index contributed by atoms with van der Waals surface area (Å²) in [4.78, 5) is 28.0. The summed E-state index contributed by atoms with van der Waals surface area (Å²) in [6.45, 7) is 5.97. The molecule has 0 unspecified atom stereocenters. The maximum atomic E-state index is 12.1. The van der Waals surface area contributed by atoms with Crippen LogP contribution in [-0.2, 0) is 11.4 Å². The number of rotatable bonds is 7. The van der Waals surface area contributed by atoms with Crippen molar-refractivity contribution < 1.29 is 14.3 Å². The van der Waals surface area contributed by atoms with Gasteiger partial charge in [-0.05, 0) is 39.0 Å². The first-order valence-corrected chi connectivity index (χ1v) is 8.53. The summed E-state index contributed by atoms with van der Waals surface area (Å²) < 4.78 is 5.66. The average Bonchev–Trinajstić information content (AvgIpc) is 2.96. The van der Waals surface area contributed by atoms with E-state index in [0.29, 0.717) is 17.9 Å². The number of nitrogens with zero attached hydrogens (tertiary/aromatic N) is 1. The first kappa shape index (κ1) is 17.9. The second-order valence-electron chi connectivity index (χ2n) is 5.58. The second kappa shape index (κ2) is 8.44. The molecule has 0 aliphatic heterocycles. The molecule has 0 bridgehead atoms. The maximum absolute atomic E-state index is 12.1. The lowest BCUT2D eigenvalue weighted by Gasteiger charge is -2.10. The molecule has 128 valence electrons. The number of carbonyl (C=O) groups excluding carboxylic acids is 2. The Kier molecular flexibility index (Phi) is 6.31. The Bertz CT molecular complexity index is 713. The van der Waals surface area contributed by atoms with Crippen LogP contribution in [0.2, 0.25) is 0 Å². The van der Waals surface area contributed by atoms with Crippen molar-refractivity contribution in [2.75, 3.05) is 6.54 Å². The molecular weight excluding hydrogens is 326 g/mol. The highest BCUT2D eigenvalue weighted by Crippen LogP contribution is 2.16. The van der Waals surface area contributed by atoms with Crippen LogP contribution in [0.1, 0.15) is 34.9 Å². The van der Waals surface area contributed by atoms with Crippen molar-refractivity contribution in [3.63, 3.8) is 0 Å². The molecule has 2 rings (SSSR count). The first-order chi connectivity index (χ1) is 11.4. The van der Waals surface area contributed by atoms with Crippen LogP contribution in [0, 0.1) is 6.92 Å². The van der Waals surface area contributed by atoms with Gasteiger partial charge in [0.15, 0.2) is 0 Å². The standard InChI is InChI=1S/C17H21N3O3S/c1-11(2)19-16(21)8-18-17(22)13-5-4-6-15(7-13)23-9-14-10-24-12(3)20-14/h4-7,10-11H,8-9H2,1-3H3,(H,18,22)(H,19,21). The fraction of sp³-hybridized carbons (Fsp3) is 0.353. The highest BCUT2D eigenvalue weighted by atomic mass is 32.1. The van der Waals surface area contributed by atoms with Gasteiger partial charge in [-0.25, -0.2) is 4.98 Å². The third-order valence-electron chi connectivity index (χ3n) is 3.01. The molecule has 0 aliphatic rings. The Hall–Kier alpha value is -2.41. The zero-order chi connectivity index (χ0) is 17.5. The maximum Gasteiger partial charge on any atom is 0.251 e. The number of amides is 2. The Morgan fingerprint density at radius 2 is 2.12 bits per heavy atom. The van der Waals surface area contributed by atoms with Crippen LogP contribution in [0.5, 0.6) is 5.75 Å². The summed E-state index contributed by atoms with van der Waals surface area (Å²) >= 11 is 1.57. The van der Waals surface area contributed by atoms with Gasteiger partial charge in [0.25, 0.3) is 5.91 Å². The van der Waals surface area contributed by atoms with Crippen molar-refractivity contribution in [3.05, 3.63) is 45.9 Å². The Morgan fingerprint density at radius 1 is 1.33 bits per heavy atom. The molecule has 1 aromatic carbocycles. The quantitative estimate of drug-likeness (QED) is 0.805. The van der Waals surface area contributed by atoms with Crippen LogP contribution >= 0.6 is 11.3 Å². The summed E-state index contributed by atoms with van der Waals surface area (Å²) in [6.07, 6.45) is 0. The smallest absolute Gasteiger partial charge is 0.251 e. The molecule has 0 aliphatic carbocycles. The number of benzene rings is 1. The molecule has 6 nitrogen and oxygen atoms in total. The zero-order valence-electron chi connectivity index (χ0n) is 14.0. The molecule has 0 fully saturated rings. The number of aryl methyl sites for hydroxylation is 1. The number of nitrogens with one attached hydrogen (secondary N) is 2. The van der Waals surface area contributed by atoms with E-state index in [-0.39, 0.29) is 24.4 Å². The van der Waals surface area contributed by atoms with Crippen molar-refractivity contribution in [1.29, 1.82) is 0 Å². The van der Waals surface area contributed by atoms with Gasteiger partial charge in [-0.3, -0.25) is 9.59 Å². The van der Waals surface area contributed by atoms with Crippen LogP contribution in [0.4, 0.5) is 0 Å². The molecule has 24 heavy (non-hydrogen) atoms. The van der Waals surface area contributed by atoms with Gasteiger partial charge in [0.05, 0.1) is 17.2 Å². The fourth-order valence-corrected chi connectivity index (χ4v) is 2.59. The lowest BCUT2D eigenvalue weighted by atomic mass is 10.2. The molecule has 0 spiro atoms. The van der Waals surface area contributed by atoms with E-state index in [4.69, 9.17) is 4.74 Å². The summed E-state index contributed by atoms with van der Waals surface area (Å²) in [5, 5.41) is 8.24. The minimum Gasteiger partial charge on any atom is -0.487 e. The van der Waals surface area contributed by atoms with E-state index in [1.165, 1.54) is 0 Å². The van der Waals surface area contributed by atoms with Gasteiger partial charge < -0.3 is 15.4 Å². The molecule has 0 atom stereocenters. The number of thiazole rings is 1. The van der Waals surface area contributed by atoms with Crippen molar-refractivity contribution >= 4 is 23.2 Å². The molecule has 2 N–H and O–H groups in total.